The first-order chi connectivity index (χ1) is 9.22. The number of aliphatic hydroxyl groups excluding tert-OH is 1. The number of rotatable bonds is 2. The molecule has 100 valence electrons. The van der Waals surface area contributed by atoms with Gasteiger partial charge in [0, 0.05) is 30.6 Å². The minimum absolute atomic E-state index is 0.0440. The summed E-state index contributed by atoms with van der Waals surface area (Å²) in [5.41, 5.74) is 4.23. The number of benzene rings is 1. The smallest absolute Gasteiger partial charge is 0.119 e. The molecule has 1 aliphatic heterocycles. The van der Waals surface area contributed by atoms with E-state index in [1.165, 1.54) is 5.56 Å². The molecule has 0 amide bonds. The van der Waals surface area contributed by atoms with Crippen LogP contribution < -0.4 is 4.74 Å². The third kappa shape index (κ3) is 2.07. The van der Waals surface area contributed by atoms with E-state index in [4.69, 9.17) is 9.72 Å². The Morgan fingerprint density at radius 2 is 2.26 bits per heavy atom. The molecule has 1 aromatic carbocycles. The molecule has 19 heavy (non-hydrogen) atoms. The number of methoxy groups -OCH3 is 1. The molecule has 0 unspecified atom stereocenters. The quantitative estimate of drug-likeness (QED) is 0.891. The fraction of sp³-hybridized carbons (Fsp3) is 0.400. The molecule has 2 heterocycles. The lowest BCUT2D eigenvalue weighted by molar-refractivity contribution is 0.271. The van der Waals surface area contributed by atoms with Crippen LogP contribution >= 0.6 is 0 Å². The zero-order chi connectivity index (χ0) is 13.4. The van der Waals surface area contributed by atoms with Gasteiger partial charge >= 0.3 is 0 Å². The van der Waals surface area contributed by atoms with Crippen LogP contribution in [0.1, 0.15) is 16.8 Å². The number of pyridine rings is 1. The lowest BCUT2D eigenvalue weighted by Crippen LogP contribution is -2.28. The highest BCUT2D eigenvalue weighted by Crippen LogP contribution is 2.30. The van der Waals surface area contributed by atoms with Crippen LogP contribution in [0.15, 0.2) is 18.2 Å². The number of fused-ring (bicyclic) bond motifs is 2. The monoisotopic (exact) mass is 258 g/mol. The predicted octanol–water partition coefficient (Wildman–Crippen LogP) is 1.72. The van der Waals surface area contributed by atoms with E-state index in [2.05, 4.69) is 11.9 Å². The molecule has 2 aromatic rings. The molecular formula is C15H18N2O2. The van der Waals surface area contributed by atoms with Crippen molar-refractivity contribution >= 4 is 10.9 Å². The van der Waals surface area contributed by atoms with E-state index >= 15 is 0 Å². The Kier molecular flexibility index (Phi) is 3.12. The molecule has 4 heteroatoms. The molecular weight excluding hydrogens is 240 g/mol. The van der Waals surface area contributed by atoms with Gasteiger partial charge in [-0.1, -0.05) is 0 Å². The number of aromatic nitrogens is 1. The fourth-order valence-corrected chi connectivity index (χ4v) is 2.75. The molecule has 0 spiro atoms. The Morgan fingerprint density at radius 3 is 3.00 bits per heavy atom. The van der Waals surface area contributed by atoms with Crippen molar-refractivity contribution in [2.75, 3.05) is 20.7 Å². The van der Waals surface area contributed by atoms with Crippen molar-refractivity contribution in [1.29, 1.82) is 0 Å². The summed E-state index contributed by atoms with van der Waals surface area (Å²) < 4.78 is 5.27. The molecule has 0 radical (unpaired) electrons. The second kappa shape index (κ2) is 4.79. The normalized spacial score (nSPS) is 15.5. The van der Waals surface area contributed by atoms with Crippen molar-refractivity contribution in [2.24, 2.45) is 0 Å². The number of hydrogen-bond acceptors (Lipinski definition) is 4. The summed E-state index contributed by atoms with van der Waals surface area (Å²) in [5, 5.41) is 10.8. The molecule has 1 aromatic heterocycles. The van der Waals surface area contributed by atoms with Gasteiger partial charge in [-0.15, -0.1) is 0 Å². The standard InChI is InChI=1S/C15H18N2O2/c1-17-6-5-15-12(8-17)13(9-18)11-7-10(19-2)3-4-14(11)16-15/h3-4,7,18H,5-6,8-9H2,1-2H3. The van der Waals surface area contributed by atoms with Crippen molar-refractivity contribution in [2.45, 2.75) is 19.6 Å². The van der Waals surface area contributed by atoms with E-state index in [1.54, 1.807) is 7.11 Å². The number of aliphatic hydroxyl groups is 1. The Hall–Kier alpha value is -1.65. The highest BCUT2D eigenvalue weighted by Gasteiger charge is 2.20. The van der Waals surface area contributed by atoms with E-state index in [0.29, 0.717) is 0 Å². The lowest BCUT2D eigenvalue weighted by Gasteiger charge is -2.27. The van der Waals surface area contributed by atoms with Crippen LogP contribution in [0.25, 0.3) is 10.9 Å². The van der Waals surface area contributed by atoms with Gasteiger partial charge in [-0.25, -0.2) is 0 Å². The van der Waals surface area contributed by atoms with Crippen LogP contribution in [0, 0.1) is 0 Å². The molecule has 0 fully saturated rings. The lowest BCUT2D eigenvalue weighted by atomic mass is 9.96. The van der Waals surface area contributed by atoms with Crippen LogP contribution in [0.4, 0.5) is 0 Å². The molecule has 0 saturated heterocycles. The molecule has 0 saturated carbocycles. The van der Waals surface area contributed by atoms with Crippen molar-refractivity contribution < 1.29 is 9.84 Å². The Bertz CT molecular complexity index is 625. The van der Waals surface area contributed by atoms with Gasteiger partial charge in [-0.2, -0.15) is 0 Å². The summed E-state index contributed by atoms with van der Waals surface area (Å²) in [6.45, 7) is 1.92. The SMILES string of the molecule is COc1ccc2nc3c(c(CO)c2c1)CN(C)CC3. The number of nitrogens with zero attached hydrogens (tertiary/aromatic N) is 2. The van der Waals surface area contributed by atoms with Crippen LogP contribution in [0.3, 0.4) is 0 Å². The zero-order valence-electron chi connectivity index (χ0n) is 11.3. The summed E-state index contributed by atoms with van der Waals surface area (Å²) in [7, 11) is 3.75. The Morgan fingerprint density at radius 1 is 1.42 bits per heavy atom. The van der Waals surface area contributed by atoms with Gasteiger partial charge in [0.05, 0.1) is 19.2 Å². The first kappa shape index (κ1) is 12.4. The first-order valence-electron chi connectivity index (χ1n) is 6.50. The van der Waals surface area contributed by atoms with Gasteiger partial charge in [-0.3, -0.25) is 4.98 Å². The average Bonchev–Trinajstić information content (AvgIpc) is 2.44. The van der Waals surface area contributed by atoms with E-state index in [9.17, 15) is 5.11 Å². The van der Waals surface area contributed by atoms with Crippen molar-refractivity contribution in [1.82, 2.24) is 9.88 Å². The maximum Gasteiger partial charge on any atom is 0.119 e. The van der Waals surface area contributed by atoms with Crippen LogP contribution in [0.2, 0.25) is 0 Å². The minimum atomic E-state index is 0.0440. The summed E-state index contributed by atoms with van der Waals surface area (Å²) in [4.78, 5) is 7.00. The zero-order valence-corrected chi connectivity index (χ0v) is 11.3. The second-order valence-electron chi connectivity index (χ2n) is 5.04. The van der Waals surface area contributed by atoms with E-state index in [1.807, 2.05) is 18.2 Å². The van der Waals surface area contributed by atoms with E-state index in [0.717, 1.165) is 47.4 Å². The van der Waals surface area contributed by atoms with Crippen LogP contribution in [0.5, 0.6) is 5.75 Å². The highest BCUT2D eigenvalue weighted by atomic mass is 16.5. The van der Waals surface area contributed by atoms with Gasteiger partial charge in [0.25, 0.3) is 0 Å². The maximum absolute atomic E-state index is 9.75. The van der Waals surface area contributed by atoms with E-state index in [-0.39, 0.29) is 6.61 Å². The summed E-state index contributed by atoms with van der Waals surface area (Å²) in [6.07, 6.45) is 0.945. The molecule has 1 N–H and O–H groups in total. The summed E-state index contributed by atoms with van der Waals surface area (Å²) in [5.74, 6) is 0.799. The van der Waals surface area contributed by atoms with Crippen molar-refractivity contribution in [3.8, 4) is 5.75 Å². The molecule has 0 atom stereocenters. The number of likely N-dealkylation sites (N-methyl/N-ethyl adjacent to an activating group) is 1. The summed E-state index contributed by atoms with van der Waals surface area (Å²) in [6, 6.07) is 5.84. The minimum Gasteiger partial charge on any atom is -0.497 e. The third-order valence-corrected chi connectivity index (χ3v) is 3.81. The van der Waals surface area contributed by atoms with E-state index < -0.39 is 0 Å². The Balaban J connectivity index is 2.27. The van der Waals surface area contributed by atoms with Gasteiger partial charge < -0.3 is 14.7 Å². The largest absolute Gasteiger partial charge is 0.497 e. The molecule has 1 aliphatic rings. The third-order valence-electron chi connectivity index (χ3n) is 3.81. The first-order valence-corrected chi connectivity index (χ1v) is 6.50. The van der Waals surface area contributed by atoms with Crippen molar-refractivity contribution in [3.05, 3.63) is 35.0 Å². The highest BCUT2D eigenvalue weighted by molar-refractivity contribution is 5.85. The Labute approximate surface area is 112 Å². The van der Waals surface area contributed by atoms with Gasteiger partial charge in [0.1, 0.15) is 5.75 Å². The van der Waals surface area contributed by atoms with Crippen LogP contribution in [-0.2, 0) is 19.6 Å². The van der Waals surface area contributed by atoms with Gasteiger partial charge in [0.15, 0.2) is 0 Å². The summed E-state index contributed by atoms with van der Waals surface area (Å²) >= 11 is 0. The number of ether oxygens (including phenoxy) is 1. The van der Waals surface area contributed by atoms with Gasteiger partial charge in [-0.05, 0) is 36.4 Å². The molecule has 3 rings (SSSR count). The predicted molar refractivity (Wildman–Crippen MR) is 74.3 cm³/mol. The topological polar surface area (TPSA) is 45.6 Å². The average molecular weight is 258 g/mol. The van der Waals surface area contributed by atoms with Crippen molar-refractivity contribution in [3.63, 3.8) is 0 Å². The van der Waals surface area contributed by atoms with Crippen LogP contribution in [-0.4, -0.2) is 35.7 Å². The fourth-order valence-electron chi connectivity index (χ4n) is 2.75. The molecule has 4 nitrogen and oxygen atoms in total. The second-order valence-corrected chi connectivity index (χ2v) is 5.04. The van der Waals surface area contributed by atoms with Gasteiger partial charge in [0.2, 0.25) is 0 Å². The molecule has 0 bridgehead atoms. The maximum atomic E-state index is 9.75. The molecule has 0 aliphatic carbocycles. The number of hydrogen-bond donors (Lipinski definition) is 1.